The minimum absolute atomic E-state index is 0.207. The van der Waals surface area contributed by atoms with Crippen molar-refractivity contribution in [3.8, 4) is 5.75 Å². The number of morpholine rings is 1. The zero-order chi connectivity index (χ0) is 22.1. The van der Waals surface area contributed by atoms with Crippen molar-refractivity contribution < 1.29 is 14.3 Å². The molecule has 32 heavy (non-hydrogen) atoms. The van der Waals surface area contributed by atoms with Crippen LogP contribution in [0.5, 0.6) is 5.75 Å². The van der Waals surface area contributed by atoms with Crippen LogP contribution in [0.2, 0.25) is 0 Å². The standard InChI is InChI=1S/C26H39N3O3/c1-3-27-10-8-22-17-23(28-12-14-32-15-13-28)6-9-26(22,19-27)25(30)29-11-7-20-16-24(31-2)5-4-21(20)18-29/h4-5,16,22-23H,3,6-15,17-19H2,1-2H3/t22-,23+,26-/m1/s1. The third-order valence-electron chi connectivity index (χ3n) is 8.71. The highest BCUT2D eigenvalue weighted by atomic mass is 16.5. The van der Waals surface area contributed by atoms with Crippen LogP contribution in [0.1, 0.15) is 43.7 Å². The molecule has 1 aromatic rings. The van der Waals surface area contributed by atoms with Crippen LogP contribution in [0.25, 0.3) is 0 Å². The molecular weight excluding hydrogens is 402 g/mol. The lowest BCUT2D eigenvalue weighted by molar-refractivity contribution is -0.157. The van der Waals surface area contributed by atoms with Crippen molar-refractivity contribution in [2.24, 2.45) is 11.3 Å². The topological polar surface area (TPSA) is 45.2 Å². The smallest absolute Gasteiger partial charge is 0.230 e. The van der Waals surface area contributed by atoms with Gasteiger partial charge in [0.2, 0.25) is 5.91 Å². The average molecular weight is 442 g/mol. The lowest BCUT2D eigenvalue weighted by atomic mass is 9.60. The quantitative estimate of drug-likeness (QED) is 0.719. The molecule has 0 aromatic heterocycles. The van der Waals surface area contributed by atoms with Gasteiger partial charge >= 0.3 is 0 Å². The number of rotatable bonds is 4. The molecule has 6 heteroatoms. The number of ether oxygens (including phenoxy) is 2. The summed E-state index contributed by atoms with van der Waals surface area (Å²) >= 11 is 0. The maximum absolute atomic E-state index is 14.2. The molecule has 1 amide bonds. The van der Waals surface area contributed by atoms with Crippen molar-refractivity contribution in [1.29, 1.82) is 0 Å². The van der Waals surface area contributed by atoms with Gasteiger partial charge in [-0.3, -0.25) is 9.69 Å². The van der Waals surface area contributed by atoms with Gasteiger partial charge in [0.15, 0.2) is 0 Å². The van der Waals surface area contributed by atoms with Crippen molar-refractivity contribution in [3.05, 3.63) is 29.3 Å². The summed E-state index contributed by atoms with van der Waals surface area (Å²) in [6.45, 7) is 10.7. The number of nitrogens with zero attached hydrogens (tertiary/aromatic N) is 3. The summed E-state index contributed by atoms with van der Waals surface area (Å²) in [5, 5.41) is 0. The Morgan fingerprint density at radius 2 is 2.00 bits per heavy atom. The first kappa shape index (κ1) is 22.2. The summed E-state index contributed by atoms with van der Waals surface area (Å²) in [5.74, 6) is 1.83. The average Bonchev–Trinajstić information content (AvgIpc) is 2.87. The van der Waals surface area contributed by atoms with Crippen LogP contribution in [-0.4, -0.2) is 86.2 Å². The molecule has 0 unspecified atom stereocenters. The van der Waals surface area contributed by atoms with Crippen LogP contribution < -0.4 is 4.74 Å². The second-order valence-corrected chi connectivity index (χ2v) is 10.2. The van der Waals surface area contributed by atoms with E-state index in [0.717, 1.165) is 90.5 Å². The Morgan fingerprint density at radius 3 is 2.78 bits per heavy atom. The summed E-state index contributed by atoms with van der Waals surface area (Å²) < 4.78 is 11.0. The zero-order valence-corrected chi connectivity index (χ0v) is 19.9. The Bertz CT molecular complexity index is 825. The molecule has 0 N–H and O–H groups in total. The lowest BCUT2D eigenvalue weighted by Crippen LogP contribution is -2.61. The number of piperidine rings is 1. The highest BCUT2D eigenvalue weighted by Gasteiger charge is 2.53. The first-order valence-corrected chi connectivity index (χ1v) is 12.6. The van der Waals surface area contributed by atoms with Crippen LogP contribution in [0.3, 0.4) is 0 Å². The highest BCUT2D eigenvalue weighted by Crippen LogP contribution is 2.49. The molecule has 2 saturated heterocycles. The number of amides is 1. The number of benzene rings is 1. The maximum Gasteiger partial charge on any atom is 0.230 e. The van der Waals surface area contributed by atoms with Gasteiger partial charge in [0.1, 0.15) is 5.75 Å². The van der Waals surface area contributed by atoms with Crippen molar-refractivity contribution in [3.63, 3.8) is 0 Å². The minimum atomic E-state index is -0.207. The van der Waals surface area contributed by atoms with E-state index >= 15 is 0 Å². The minimum Gasteiger partial charge on any atom is -0.497 e. The molecule has 176 valence electrons. The van der Waals surface area contributed by atoms with E-state index in [-0.39, 0.29) is 5.41 Å². The van der Waals surface area contributed by atoms with Gasteiger partial charge in [-0.25, -0.2) is 0 Å². The Labute approximate surface area is 192 Å². The van der Waals surface area contributed by atoms with E-state index in [1.54, 1.807) is 7.11 Å². The second kappa shape index (κ2) is 9.32. The third-order valence-corrected chi connectivity index (χ3v) is 8.71. The van der Waals surface area contributed by atoms with E-state index in [0.29, 0.717) is 17.9 Å². The van der Waals surface area contributed by atoms with Crippen molar-refractivity contribution in [1.82, 2.24) is 14.7 Å². The van der Waals surface area contributed by atoms with E-state index in [2.05, 4.69) is 33.8 Å². The molecule has 6 nitrogen and oxygen atoms in total. The molecule has 3 heterocycles. The predicted molar refractivity (Wildman–Crippen MR) is 125 cm³/mol. The van der Waals surface area contributed by atoms with Gasteiger partial charge < -0.3 is 19.3 Å². The normalized spacial score (nSPS) is 31.6. The maximum atomic E-state index is 14.2. The Morgan fingerprint density at radius 1 is 1.16 bits per heavy atom. The fourth-order valence-corrected chi connectivity index (χ4v) is 6.76. The molecule has 5 rings (SSSR count). The van der Waals surface area contributed by atoms with E-state index < -0.39 is 0 Å². The SMILES string of the molecule is CCN1CC[C@@H]2C[C@@H](N3CCOCC3)CC[C@@]2(C(=O)N2CCc3cc(OC)ccc3C2)C1. The molecule has 3 aliphatic heterocycles. The molecule has 1 saturated carbocycles. The van der Waals surface area contributed by atoms with Gasteiger partial charge in [-0.1, -0.05) is 13.0 Å². The Kier molecular flexibility index (Phi) is 6.46. The lowest BCUT2D eigenvalue weighted by Gasteiger charge is -2.54. The van der Waals surface area contributed by atoms with Crippen molar-refractivity contribution in [2.45, 2.75) is 51.6 Å². The van der Waals surface area contributed by atoms with E-state index in [4.69, 9.17) is 9.47 Å². The Hall–Kier alpha value is -1.63. The monoisotopic (exact) mass is 441 g/mol. The van der Waals surface area contributed by atoms with Crippen LogP contribution in [0.4, 0.5) is 0 Å². The highest BCUT2D eigenvalue weighted by molar-refractivity contribution is 5.84. The number of likely N-dealkylation sites (tertiary alicyclic amines) is 1. The molecule has 0 bridgehead atoms. The number of carbonyl (C=O) groups is 1. The van der Waals surface area contributed by atoms with E-state index in [9.17, 15) is 4.79 Å². The number of hydrogen-bond acceptors (Lipinski definition) is 5. The van der Waals surface area contributed by atoms with Gasteiger partial charge in [0.25, 0.3) is 0 Å². The number of fused-ring (bicyclic) bond motifs is 2. The third kappa shape index (κ3) is 4.06. The molecule has 0 radical (unpaired) electrons. The molecule has 1 aliphatic carbocycles. The number of hydrogen-bond donors (Lipinski definition) is 0. The van der Waals surface area contributed by atoms with Gasteiger partial charge in [-0.05, 0) is 74.4 Å². The van der Waals surface area contributed by atoms with Crippen LogP contribution in [-0.2, 0) is 22.5 Å². The fourth-order valence-electron chi connectivity index (χ4n) is 6.76. The molecule has 3 atom stereocenters. The molecular formula is C26H39N3O3. The first-order valence-electron chi connectivity index (χ1n) is 12.6. The summed E-state index contributed by atoms with van der Waals surface area (Å²) in [6.07, 6.45) is 5.42. The molecule has 3 fully saturated rings. The van der Waals surface area contributed by atoms with E-state index in [1.807, 2.05) is 6.07 Å². The Balaban J connectivity index is 1.35. The van der Waals surface area contributed by atoms with Crippen LogP contribution >= 0.6 is 0 Å². The summed E-state index contributed by atoms with van der Waals surface area (Å²) in [5.41, 5.74) is 2.40. The molecule has 0 spiro atoms. The van der Waals surface area contributed by atoms with E-state index in [1.165, 1.54) is 17.5 Å². The summed E-state index contributed by atoms with van der Waals surface area (Å²) in [6, 6.07) is 6.94. The van der Waals surface area contributed by atoms with Crippen LogP contribution in [0, 0.1) is 11.3 Å². The van der Waals surface area contributed by atoms with Gasteiger partial charge in [0.05, 0.1) is 25.7 Å². The zero-order valence-electron chi connectivity index (χ0n) is 19.9. The van der Waals surface area contributed by atoms with Crippen molar-refractivity contribution in [2.75, 3.05) is 59.6 Å². The van der Waals surface area contributed by atoms with Crippen molar-refractivity contribution >= 4 is 5.91 Å². The van der Waals surface area contributed by atoms with Gasteiger partial charge in [-0.15, -0.1) is 0 Å². The largest absolute Gasteiger partial charge is 0.497 e. The first-order chi connectivity index (χ1) is 15.6. The summed E-state index contributed by atoms with van der Waals surface area (Å²) in [4.78, 5) is 21.6. The number of carbonyl (C=O) groups excluding carboxylic acids is 1. The fraction of sp³-hybridized carbons (Fsp3) is 0.731. The van der Waals surface area contributed by atoms with Crippen LogP contribution in [0.15, 0.2) is 18.2 Å². The van der Waals surface area contributed by atoms with Gasteiger partial charge in [0, 0.05) is 38.8 Å². The molecule has 4 aliphatic rings. The second-order valence-electron chi connectivity index (χ2n) is 10.2. The number of methoxy groups -OCH3 is 1. The predicted octanol–water partition coefficient (Wildman–Crippen LogP) is 2.79. The van der Waals surface area contributed by atoms with Gasteiger partial charge in [-0.2, -0.15) is 0 Å². The summed E-state index contributed by atoms with van der Waals surface area (Å²) in [7, 11) is 1.72. The molecule has 1 aromatic carbocycles.